The first kappa shape index (κ1) is 15.0. The fourth-order valence-electron chi connectivity index (χ4n) is 2.45. The molecule has 1 atom stereocenters. The molecule has 2 rings (SSSR count). The van der Waals surface area contributed by atoms with Gasteiger partial charge in [-0.05, 0) is 24.8 Å². The number of hydrogen-bond donors (Lipinski definition) is 1. The van der Waals surface area contributed by atoms with Crippen molar-refractivity contribution in [1.29, 1.82) is 0 Å². The lowest BCUT2D eigenvalue weighted by molar-refractivity contribution is -0.131. The van der Waals surface area contributed by atoms with Crippen LogP contribution in [-0.4, -0.2) is 43.7 Å². The number of nitrogens with one attached hydrogen (secondary N) is 1. The van der Waals surface area contributed by atoms with Crippen molar-refractivity contribution in [2.75, 3.05) is 26.8 Å². The zero-order valence-electron chi connectivity index (χ0n) is 12.2. The van der Waals surface area contributed by atoms with E-state index in [-0.39, 0.29) is 11.9 Å². The molecular formula is C16H24N2O2. The standard InChI is InChI=1S/C16H24N2O2/c1-20-12-6-5-10-17-16(19)15-9-11-18(15)13-14-7-3-2-4-8-14/h2-4,7-8,15H,5-6,9-13H2,1H3,(H,17,19). The molecule has 0 radical (unpaired) electrons. The Morgan fingerprint density at radius 2 is 2.15 bits per heavy atom. The quantitative estimate of drug-likeness (QED) is 0.736. The fourth-order valence-corrected chi connectivity index (χ4v) is 2.45. The van der Waals surface area contributed by atoms with Crippen LogP contribution < -0.4 is 5.32 Å². The third-order valence-electron chi connectivity index (χ3n) is 3.74. The first-order valence-corrected chi connectivity index (χ1v) is 7.36. The molecule has 20 heavy (non-hydrogen) atoms. The smallest absolute Gasteiger partial charge is 0.237 e. The largest absolute Gasteiger partial charge is 0.385 e. The summed E-state index contributed by atoms with van der Waals surface area (Å²) in [4.78, 5) is 14.3. The minimum absolute atomic E-state index is 0.0534. The summed E-state index contributed by atoms with van der Waals surface area (Å²) in [5.74, 6) is 0.171. The van der Waals surface area contributed by atoms with Crippen molar-refractivity contribution in [2.24, 2.45) is 0 Å². The topological polar surface area (TPSA) is 41.6 Å². The molecule has 1 aromatic rings. The van der Waals surface area contributed by atoms with Crippen molar-refractivity contribution in [2.45, 2.75) is 31.8 Å². The highest BCUT2D eigenvalue weighted by atomic mass is 16.5. The van der Waals surface area contributed by atoms with E-state index in [0.29, 0.717) is 0 Å². The third-order valence-corrected chi connectivity index (χ3v) is 3.74. The molecule has 0 aromatic heterocycles. The summed E-state index contributed by atoms with van der Waals surface area (Å²) in [6.07, 6.45) is 2.94. The summed E-state index contributed by atoms with van der Waals surface area (Å²) >= 11 is 0. The molecule has 4 nitrogen and oxygen atoms in total. The lowest BCUT2D eigenvalue weighted by Crippen LogP contribution is -2.55. The van der Waals surface area contributed by atoms with Crippen LogP contribution in [0.25, 0.3) is 0 Å². The van der Waals surface area contributed by atoms with Crippen LogP contribution in [0.5, 0.6) is 0 Å². The number of ether oxygens (including phenoxy) is 1. The zero-order chi connectivity index (χ0) is 14.2. The lowest BCUT2D eigenvalue weighted by atomic mass is 10.0. The van der Waals surface area contributed by atoms with Crippen LogP contribution in [0.4, 0.5) is 0 Å². The average Bonchev–Trinajstić information content (AvgIpc) is 2.44. The Bertz CT molecular complexity index is 408. The Balaban J connectivity index is 1.69. The van der Waals surface area contributed by atoms with Gasteiger partial charge in [0.2, 0.25) is 5.91 Å². The molecule has 1 unspecified atom stereocenters. The zero-order valence-corrected chi connectivity index (χ0v) is 12.2. The Morgan fingerprint density at radius 3 is 2.80 bits per heavy atom. The highest BCUT2D eigenvalue weighted by Crippen LogP contribution is 2.20. The van der Waals surface area contributed by atoms with Gasteiger partial charge in [-0.3, -0.25) is 9.69 Å². The molecule has 1 fully saturated rings. The lowest BCUT2D eigenvalue weighted by Gasteiger charge is -2.39. The van der Waals surface area contributed by atoms with Gasteiger partial charge in [0.1, 0.15) is 0 Å². The summed E-state index contributed by atoms with van der Waals surface area (Å²) in [6.45, 7) is 3.39. The second-order valence-electron chi connectivity index (χ2n) is 5.25. The van der Waals surface area contributed by atoms with Crippen molar-refractivity contribution in [3.8, 4) is 0 Å². The van der Waals surface area contributed by atoms with Gasteiger partial charge < -0.3 is 10.1 Å². The van der Waals surface area contributed by atoms with Crippen molar-refractivity contribution < 1.29 is 9.53 Å². The number of rotatable bonds is 8. The second kappa shape index (κ2) is 8.02. The Morgan fingerprint density at radius 1 is 1.35 bits per heavy atom. The predicted molar refractivity (Wildman–Crippen MR) is 79.4 cm³/mol. The summed E-state index contributed by atoms with van der Waals surface area (Å²) < 4.78 is 4.99. The molecule has 0 bridgehead atoms. The number of nitrogens with zero attached hydrogens (tertiary/aromatic N) is 1. The van der Waals surface area contributed by atoms with Crippen molar-refractivity contribution >= 4 is 5.91 Å². The number of carbonyl (C=O) groups is 1. The fraction of sp³-hybridized carbons (Fsp3) is 0.562. The third kappa shape index (κ3) is 4.32. The molecule has 0 saturated carbocycles. The molecule has 1 heterocycles. The highest BCUT2D eigenvalue weighted by Gasteiger charge is 2.33. The van der Waals surface area contributed by atoms with Crippen LogP contribution in [0.3, 0.4) is 0 Å². The maximum absolute atomic E-state index is 12.1. The first-order chi connectivity index (χ1) is 9.81. The minimum atomic E-state index is 0.0534. The first-order valence-electron chi connectivity index (χ1n) is 7.36. The Labute approximate surface area is 121 Å². The van der Waals surface area contributed by atoms with E-state index in [1.807, 2.05) is 18.2 Å². The van der Waals surface area contributed by atoms with Gasteiger partial charge in [0.25, 0.3) is 0 Å². The normalized spacial score (nSPS) is 18.6. The second-order valence-corrected chi connectivity index (χ2v) is 5.25. The van der Waals surface area contributed by atoms with E-state index in [2.05, 4.69) is 22.3 Å². The number of likely N-dealkylation sites (tertiary alicyclic amines) is 1. The van der Waals surface area contributed by atoms with Crippen LogP contribution in [0, 0.1) is 0 Å². The molecule has 1 saturated heterocycles. The van der Waals surface area contributed by atoms with Crippen molar-refractivity contribution in [1.82, 2.24) is 10.2 Å². The van der Waals surface area contributed by atoms with E-state index in [9.17, 15) is 4.79 Å². The van der Waals surface area contributed by atoms with E-state index in [0.717, 1.165) is 45.5 Å². The van der Waals surface area contributed by atoms with Crippen LogP contribution in [0.2, 0.25) is 0 Å². The SMILES string of the molecule is COCCCCNC(=O)C1CCN1Cc1ccccc1. The van der Waals surface area contributed by atoms with E-state index in [4.69, 9.17) is 4.74 Å². The predicted octanol–water partition coefficient (Wildman–Crippen LogP) is 1.80. The molecule has 0 aliphatic carbocycles. The van der Waals surface area contributed by atoms with E-state index in [1.165, 1.54) is 5.56 Å². The molecule has 1 amide bonds. The van der Waals surface area contributed by atoms with Gasteiger partial charge in [-0.2, -0.15) is 0 Å². The van der Waals surface area contributed by atoms with Crippen molar-refractivity contribution in [3.63, 3.8) is 0 Å². The number of hydrogen-bond acceptors (Lipinski definition) is 3. The van der Waals surface area contributed by atoms with Crippen LogP contribution in [0.15, 0.2) is 30.3 Å². The molecule has 1 aromatic carbocycles. The summed E-state index contributed by atoms with van der Waals surface area (Å²) in [5.41, 5.74) is 1.27. The van der Waals surface area contributed by atoms with Crippen molar-refractivity contribution in [3.05, 3.63) is 35.9 Å². The summed E-state index contributed by atoms with van der Waals surface area (Å²) in [7, 11) is 1.70. The Kier molecular flexibility index (Phi) is 6.02. The number of benzene rings is 1. The van der Waals surface area contributed by atoms with E-state index < -0.39 is 0 Å². The molecule has 1 aliphatic rings. The maximum atomic E-state index is 12.1. The molecule has 110 valence electrons. The van der Waals surface area contributed by atoms with Gasteiger partial charge in [-0.15, -0.1) is 0 Å². The molecule has 1 aliphatic heterocycles. The van der Waals surface area contributed by atoms with Gasteiger partial charge in [-0.25, -0.2) is 0 Å². The number of carbonyl (C=O) groups excluding carboxylic acids is 1. The van der Waals surface area contributed by atoms with Gasteiger partial charge in [0, 0.05) is 33.4 Å². The maximum Gasteiger partial charge on any atom is 0.237 e. The number of amides is 1. The molecule has 4 heteroatoms. The van der Waals surface area contributed by atoms with Crippen LogP contribution in [0.1, 0.15) is 24.8 Å². The van der Waals surface area contributed by atoms with Crippen LogP contribution >= 0.6 is 0 Å². The van der Waals surface area contributed by atoms with Crippen LogP contribution in [-0.2, 0) is 16.1 Å². The Hall–Kier alpha value is -1.39. The van der Waals surface area contributed by atoms with Gasteiger partial charge in [-0.1, -0.05) is 30.3 Å². The van der Waals surface area contributed by atoms with Gasteiger partial charge in [0.15, 0.2) is 0 Å². The van der Waals surface area contributed by atoms with Gasteiger partial charge in [0.05, 0.1) is 6.04 Å². The van der Waals surface area contributed by atoms with Gasteiger partial charge >= 0.3 is 0 Å². The minimum Gasteiger partial charge on any atom is -0.385 e. The average molecular weight is 276 g/mol. The summed E-state index contributed by atoms with van der Waals surface area (Å²) in [6, 6.07) is 10.4. The molecule has 0 spiro atoms. The number of methoxy groups -OCH3 is 1. The summed E-state index contributed by atoms with van der Waals surface area (Å²) in [5, 5.41) is 3.02. The molecular weight excluding hydrogens is 252 g/mol. The van der Waals surface area contributed by atoms with E-state index in [1.54, 1.807) is 7.11 Å². The highest BCUT2D eigenvalue weighted by molar-refractivity contribution is 5.82. The number of unbranched alkanes of at least 4 members (excludes halogenated alkanes) is 1. The molecule has 1 N–H and O–H groups in total. The monoisotopic (exact) mass is 276 g/mol. The van der Waals surface area contributed by atoms with E-state index >= 15 is 0 Å².